The first-order valence-electron chi connectivity index (χ1n) is 11.4. The SMILES string of the molecule is CN(C)CCCNc1nccc(-c2[nH]c(C3OCC(C)(C(N)=O)CO3)nc2-c2ccc(F)cc2)n1. The third kappa shape index (κ3) is 5.81. The number of imidazole rings is 1. The van der Waals surface area contributed by atoms with Crippen molar-refractivity contribution in [2.75, 3.05) is 45.7 Å². The summed E-state index contributed by atoms with van der Waals surface area (Å²) < 4.78 is 25.1. The zero-order valence-corrected chi connectivity index (χ0v) is 20.0. The van der Waals surface area contributed by atoms with Gasteiger partial charge in [-0.05, 0) is 64.3 Å². The Labute approximate surface area is 203 Å². The number of nitrogens with two attached hydrogens (primary N) is 1. The van der Waals surface area contributed by atoms with Gasteiger partial charge in [-0.2, -0.15) is 0 Å². The number of carbonyl (C=O) groups is 1. The second-order valence-corrected chi connectivity index (χ2v) is 9.08. The first kappa shape index (κ1) is 24.7. The molecule has 0 spiro atoms. The van der Waals surface area contributed by atoms with Crippen LogP contribution in [0.4, 0.5) is 10.3 Å². The van der Waals surface area contributed by atoms with Crippen LogP contribution in [0, 0.1) is 11.2 Å². The van der Waals surface area contributed by atoms with E-state index in [0.29, 0.717) is 34.4 Å². The molecule has 1 amide bonds. The number of aromatic amines is 1. The minimum Gasteiger partial charge on any atom is -0.369 e. The van der Waals surface area contributed by atoms with Crippen molar-refractivity contribution < 1.29 is 18.7 Å². The van der Waals surface area contributed by atoms with Crippen LogP contribution in [0.25, 0.3) is 22.6 Å². The molecule has 1 aromatic carbocycles. The Morgan fingerprint density at radius 2 is 1.94 bits per heavy atom. The predicted molar refractivity (Wildman–Crippen MR) is 129 cm³/mol. The smallest absolute Gasteiger partial charge is 0.228 e. The molecule has 4 rings (SSSR count). The summed E-state index contributed by atoms with van der Waals surface area (Å²) in [7, 11) is 4.05. The molecule has 35 heavy (non-hydrogen) atoms. The van der Waals surface area contributed by atoms with E-state index >= 15 is 0 Å². The van der Waals surface area contributed by atoms with Gasteiger partial charge in [-0.25, -0.2) is 19.3 Å². The van der Waals surface area contributed by atoms with Gasteiger partial charge in [0.15, 0.2) is 5.82 Å². The van der Waals surface area contributed by atoms with Gasteiger partial charge in [0.1, 0.15) is 5.82 Å². The summed E-state index contributed by atoms with van der Waals surface area (Å²) in [4.78, 5) is 30.7. The first-order valence-corrected chi connectivity index (χ1v) is 11.4. The Hall–Kier alpha value is -3.41. The summed E-state index contributed by atoms with van der Waals surface area (Å²) in [6, 6.07) is 7.80. The average Bonchev–Trinajstić information content (AvgIpc) is 3.28. The maximum absolute atomic E-state index is 13.6. The summed E-state index contributed by atoms with van der Waals surface area (Å²) in [5.74, 6) is 0.0616. The van der Waals surface area contributed by atoms with Crippen molar-refractivity contribution in [2.24, 2.45) is 11.1 Å². The number of carbonyl (C=O) groups excluding carboxylic acids is 1. The van der Waals surface area contributed by atoms with E-state index in [0.717, 1.165) is 19.5 Å². The molecule has 0 atom stereocenters. The normalized spacial score (nSPS) is 20.2. The molecular formula is C24H30FN7O3. The molecule has 1 aliphatic heterocycles. The van der Waals surface area contributed by atoms with Gasteiger partial charge in [0.05, 0.1) is 35.7 Å². The molecule has 2 aromatic heterocycles. The number of rotatable bonds is 9. The Balaban J connectivity index is 1.62. The molecule has 10 nitrogen and oxygen atoms in total. The minimum absolute atomic E-state index is 0.101. The fourth-order valence-corrected chi connectivity index (χ4v) is 3.59. The maximum atomic E-state index is 13.6. The number of nitrogens with zero attached hydrogens (tertiary/aromatic N) is 4. The number of H-pyrrole nitrogens is 1. The van der Waals surface area contributed by atoms with Crippen LogP contribution in [-0.2, 0) is 14.3 Å². The van der Waals surface area contributed by atoms with Gasteiger partial charge in [0.25, 0.3) is 0 Å². The number of benzene rings is 1. The molecule has 3 aromatic rings. The molecule has 0 saturated carbocycles. The van der Waals surface area contributed by atoms with Crippen molar-refractivity contribution in [3.63, 3.8) is 0 Å². The number of amides is 1. The van der Waals surface area contributed by atoms with Gasteiger partial charge in [-0.15, -0.1) is 0 Å². The summed E-state index contributed by atoms with van der Waals surface area (Å²) in [6.07, 6.45) is 1.79. The molecule has 1 fully saturated rings. The van der Waals surface area contributed by atoms with E-state index in [9.17, 15) is 9.18 Å². The highest BCUT2D eigenvalue weighted by Gasteiger charge is 2.39. The highest BCUT2D eigenvalue weighted by molar-refractivity contribution is 5.81. The standard InChI is InChI=1S/C24H30FN7O3/c1-24(22(26)33)13-34-21(35-14-24)20-30-18(15-5-7-16(25)8-6-15)19(31-20)17-9-11-28-23(29-17)27-10-4-12-32(2)3/h5-9,11,21H,4,10,12-14H2,1-3H3,(H2,26,33)(H,30,31)(H,27,28,29). The predicted octanol–water partition coefficient (Wildman–Crippen LogP) is 2.57. The number of hydrogen-bond acceptors (Lipinski definition) is 8. The summed E-state index contributed by atoms with van der Waals surface area (Å²) in [5.41, 5.74) is 7.04. The largest absolute Gasteiger partial charge is 0.369 e. The second kappa shape index (κ2) is 10.5. The first-order chi connectivity index (χ1) is 16.7. The van der Waals surface area contributed by atoms with Crippen LogP contribution in [0.3, 0.4) is 0 Å². The van der Waals surface area contributed by atoms with E-state index < -0.39 is 17.6 Å². The Bertz CT molecular complexity index is 1160. The lowest BCUT2D eigenvalue weighted by Gasteiger charge is -2.34. The topological polar surface area (TPSA) is 131 Å². The molecule has 0 aliphatic carbocycles. The van der Waals surface area contributed by atoms with Crippen molar-refractivity contribution in [3.8, 4) is 22.6 Å². The van der Waals surface area contributed by atoms with Crippen LogP contribution >= 0.6 is 0 Å². The van der Waals surface area contributed by atoms with Crippen molar-refractivity contribution in [2.45, 2.75) is 19.6 Å². The zero-order valence-electron chi connectivity index (χ0n) is 20.0. The number of hydrogen-bond donors (Lipinski definition) is 3. The van der Waals surface area contributed by atoms with E-state index in [1.165, 1.54) is 12.1 Å². The highest BCUT2D eigenvalue weighted by atomic mass is 19.1. The van der Waals surface area contributed by atoms with Crippen LogP contribution in [0.2, 0.25) is 0 Å². The molecule has 3 heterocycles. The molecule has 4 N–H and O–H groups in total. The number of anilines is 1. The van der Waals surface area contributed by atoms with Crippen molar-refractivity contribution in [3.05, 3.63) is 48.2 Å². The summed E-state index contributed by atoms with van der Waals surface area (Å²) in [6.45, 7) is 3.56. The molecule has 0 unspecified atom stereocenters. The Kier molecular flexibility index (Phi) is 7.39. The van der Waals surface area contributed by atoms with E-state index in [1.807, 2.05) is 14.1 Å². The number of primary amides is 1. The molecule has 1 aliphatic rings. The summed E-state index contributed by atoms with van der Waals surface area (Å²) >= 11 is 0. The number of aromatic nitrogens is 4. The molecule has 0 bridgehead atoms. The summed E-state index contributed by atoms with van der Waals surface area (Å²) in [5, 5.41) is 3.24. The molecule has 1 saturated heterocycles. The lowest BCUT2D eigenvalue weighted by atomic mass is 9.91. The third-order valence-corrected chi connectivity index (χ3v) is 5.74. The number of ether oxygens (including phenoxy) is 2. The van der Waals surface area contributed by atoms with Gasteiger partial charge in [0.2, 0.25) is 18.1 Å². The van der Waals surface area contributed by atoms with Gasteiger partial charge in [-0.3, -0.25) is 4.79 Å². The van der Waals surface area contributed by atoms with Crippen molar-refractivity contribution >= 4 is 11.9 Å². The fraction of sp³-hybridized carbons (Fsp3) is 0.417. The molecule has 11 heteroatoms. The minimum atomic E-state index is -0.911. The average molecular weight is 484 g/mol. The fourth-order valence-electron chi connectivity index (χ4n) is 3.59. The van der Waals surface area contributed by atoms with Gasteiger partial charge >= 0.3 is 0 Å². The number of nitrogens with one attached hydrogen (secondary N) is 2. The Morgan fingerprint density at radius 3 is 2.60 bits per heavy atom. The molecule has 0 radical (unpaired) electrons. The second-order valence-electron chi connectivity index (χ2n) is 9.08. The van der Waals surface area contributed by atoms with Gasteiger partial charge in [0, 0.05) is 18.3 Å². The third-order valence-electron chi connectivity index (χ3n) is 5.74. The van der Waals surface area contributed by atoms with Crippen molar-refractivity contribution in [1.82, 2.24) is 24.8 Å². The van der Waals surface area contributed by atoms with Crippen LogP contribution in [0.5, 0.6) is 0 Å². The van der Waals surface area contributed by atoms with E-state index in [4.69, 9.17) is 20.2 Å². The lowest BCUT2D eigenvalue weighted by molar-refractivity contribution is -0.230. The van der Waals surface area contributed by atoms with Crippen LogP contribution in [0.15, 0.2) is 36.5 Å². The molecular weight excluding hydrogens is 453 g/mol. The Morgan fingerprint density at radius 1 is 1.23 bits per heavy atom. The lowest BCUT2D eigenvalue weighted by Crippen LogP contribution is -2.46. The van der Waals surface area contributed by atoms with Crippen molar-refractivity contribution in [1.29, 1.82) is 0 Å². The van der Waals surface area contributed by atoms with E-state index in [2.05, 4.69) is 25.2 Å². The monoisotopic (exact) mass is 483 g/mol. The van der Waals surface area contributed by atoms with Gasteiger partial charge < -0.3 is 30.4 Å². The quantitative estimate of drug-likeness (QED) is 0.396. The van der Waals surface area contributed by atoms with E-state index in [1.54, 1.807) is 31.3 Å². The number of halogens is 1. The van der Waals surface area contributed by atoms with Crippen LogP contribution in [-0.4, -0.2) is 71.1 Å². The maximum Gasteiger partial charge on any atom is 0.228 e. The van der Waals surface area contributed by atoms with Crippen LogP contribution in [0.1, 0.15) is 25.5 Å². The van der Waals surface area contributed by atoms with Crippen LogP contribution < -0.4 is 11.1 Å². The molecule has 186 valence electrons. The highest BCUT2D eigenvalue weighted by Crippen LogP contribution is 2.35. The zero-order chi connectivity index (χ0) is 25.0. The van der Waals surface area contributed by atoms with Gasteiger partial charge in [-0.1, -0.05) is 0 Å². The van der Waals surface area contributed by atoms with E-state index in [-0.39, 0.29) is 19.0 Å².